The normalized spacial score (nSPS) is 9.83. The first-order valence-corrected chi connectivity index (χ1v) is 5.35. The van der Waals surface area contributed by atoms with E-state index < -0.39 is 5.97 Å². The SMILES string of the molecule is COc1ccc(OC(=O)c2ccccc2O)cc1. The maximum atomic E-state index is 11.8. The van der Waals surface area contributed by atoms with Gasteiger partial charge in [0.2, 0.25) is 0 Å². The smallest absolute Gasteiger partial charge is 0.347 e. The third kappa shape index (κ3) is 2.60. The van der Waals surface area contributed by atoms with Gasteiger partial charge in [-0.3, -0.25) is 0 Å². The summed E-state index contributed by atoms with van der Waals surface area (Å²) in [5.41, 5.74) is 0.133. The zero-order chi connectivity index (χ0) is 13.0. The Labute approximate surface area is 104 Å². The maximum absolute atomic E-state index is 11.8. The molecule has 0 heterocycles. The van der Waals surface area contributed by atoms with Crippen LogP contribution in [0.4, 0.5) is 0 Å². The molecule has 0 aliphatic rings. The summed E-state index contributed by atoms with van der Waals surface area (Å²) < 4.78 is 10.1. The van der Waals surface area contributed by atoms with Crippen LogP contribution in [0, 0.1) is 0 Å². The van der Waals surface area contributed by atoms with Crippen molar-refractivity contribution < 1.29 is 19.4 Å². The minimum Gasteiger partial charge on any atom is -0.507 e. The van der Waals surface area contributed by atoms with E-state index >= 15 is 0 Å². The van der Waals surface area contributed by atoms with E-state index in [0.717, 1.165) is 0 Å². The minimum atomic E-state index is -0.599. The van der Waals surface area contributed by atoms with Crippen molar-refractivity contribution in [3.8, 4) is 17.2 Å². The van der Waals surface area contributed by atoms with Crippen LogP contribution in [0.2, 0.25) is 0 Å². The molecule has 0 fully saturated rings. The second-order valence-electron chi connectivity index (χ2n) is 3.58. The number of benzene rings is 2. The van der Waals surface area contributed by atoms with Gasteiger partial charge in [-0.1, -0.05) is 12.1 Å². The van der Waals surface area contributed by atoms with Gasteiger partial charge in [0.05, 0.1) is 7.11 Å². The van der Waals surface area contributed by atoms with Gasteiger partial charge in [0.1, 0.15) is 22.8 Å². The fourth-order valence-corrected chi connectivity index (χ4v) is 1.45. The molecule has 2 rings (SSSR count). The third-order valence-corrected chi connectivity index (χ3v) is 2.39. The Hall–Kier alpha value is -2.49. The number of carbonyl (C=O) groups is 1. The summed E-state index contributed by atoms with van der Waals surface area (Å²) in [6, 6.07) is 12.9. The van der Waals surface area contributed by atoms with Crippen LogP contribution >= 0.6 is 0 Å². The van der Waals surface area contributed by atoms with Gasteiger partial charge in [-0.05, 0) is 36.4 Å². The number of para-hydroxylation sites is 1. The molecule has 4 heteroatoms. The molecule has 0 amide bonds. The van der Waals surface area contributed by atoms with E-state index in [1.165, 1.54) is 12.1 Å². The third-order valence-electron chi connectivity index (χ3n) is 2.39. The zero-order valence-corrected chi connectivity index (χ0v) is 9.79. The predicted octanol–water partition coefficient (Wildman–Crippen LogP) is 2.62. The number of methoxy groups -OCH3 is 1. The Kier molecular flexibility index (Phi) is 3.48. The molecule has 0 aromatic heterocycles. The molecule has 4 nitrogen and oxygen atoms in total. The van der Waals surface area contributed by atoms with Gasteiger partial charge in [0.15, 0.2) is 0 Å². The van der Waals surface area contributed by atoms with Crippen molar-refractivity contribution in [2.24, 2.45) is 0 Å². The number of carbonyl (C=O) groups excluding carboxylic acids is 1. The van der Waals surface area contributed by atoms with Gasteiger partial charge < -0.3 is 14.6 Å². The summed E-state index contributed by atoms with van der Waals surface area (Å²) in [7, 11) is 1.56. The number of phenols is 1. The highest BCUT2D eigenvalue weighted by Crippen LogP contribution is 2.21. The number of ether oxygens (including phenoxy) is 2. The molecule has 1 N–H and O–H groups in total. The van der Waals surface area contributed by atoms with Gasteiger partial charge in [-0.25, -0.2) is 4.79 Å². The molecule has 0 radical (unpaired) electrons. The van der Waals surface area contributed by atoms with E-state index in [1.54, 1.807) is 43.5 Å². The van der Waals surface area contributed by atoms with Crippen LogP contribution in [0.1, 0.15) is 10.4 Å². The Bertz CT molecular complexity index is 546. The topological polar surface area (TPSA) is 55.8 Å². The van der Waals surface area contributed by atoms with E-state index in [-0.39, 0.29) is 11.3 Å². The molecule has 92 valence electrons. The maximum Gasteiger partial charge on any atom is 0.347 e. The highest BCUT2D eigenvalue weighted by atomic mass is 16.5. The van der Waals surface area contributed by atoms with Crippen LogP contribution in [-0.2, 0) is 0 Å². The molecular weight excluding hydrogens is 232 g/mol. The van der Waals surface area contributed by atoms with Crippen LogP contribution in [0.5, 0.6) is 17.2 Å². The largest absolute Gasteiger partial charge is 0.507 e. The summed E-state index contributed by atoms with van der Waals surface area (Å²) >= 11 is 0. The summed E-state index contributed by atoms with van der Waals surface area (Å²) in [6.07, 6.45) is 0. The Morgan fingerprint density at radius 3 is 2.22 bits per heavy atom. The quantitative estimate of drug-likeness (QED) is 0.666. The van der Waals surface area contributed by atoms with Crippen LogP contribution in [-0.4, -0.2) is 18.2 Å². The average molecular weight is 244 g/mol. The lowest BCUT2D eigenvalue weighted by molar-refractivity contribution is 0.0731. The number of aromatic hydroxyl groups is 1. The summed E-state index contributed by atoms with van der Waals surface area (Å²) in [6.45, 7) is 0. The molecule has 2 aromatic rings. The predicted molar refractivity (Wildman–Crippen MR) is 66.1 cm³/mol. The first-order valence-electron chi connectivity index (χ1n) is 5.35. The molecule has 0 saturated heterocycles. The molecule has 18 heavy (non-hydrogen) atoms. The van der Waals surface area contributed by atoms with Gasteiger partial charge in [0.25, 0.3) is 0 Å². The number of esters is 1. The van der Waals surface area contributed by atoms with Crippen molar-refractivity contribution in [1.29, 1.82) is 0 Å². The molecule has 0 unspecified atom stereocenters. The van der Waals surface area contributed by atoms with Crippen molar-refractivity contribution in [1.82, 2.24) is 0 Å². The molecule has 0 saturated carbocycles. The molecule has 0 aliphatic carbocycles. The molecule has 0 aliphatic heterocycles. The monoisotopic (exact) mass is 244 g/mol. The van der Waals surface area contributed by atoms with E-state index in [4.69, 9.17) is 9.47 Å². The number of hydrogen-bond acceptors (Lipinski definition) is 4. The van der Waals surface area contributed by atoms with Crippen LogP contribution in [0.15, 0.2) is 48.5 Å². The summed E-state index contributed by atoms with van der Waals surface area (Å²) in [5, 5.41) is 9.52. The zero-order valence-electron chi connectivity index (χ0n) is 9.79. The number of hydrogen-bond donors (Lipinski definition) is 1. The number of rotatable bonds is 3. The summed E-state index contributed by atoms with van der Waals surface area (Å²) in [4.78, 5) is 11.8. The molecule has 0 bridgehead atoms. The summed E-state index contributed by atoms with van der Waals surface area (Å²) in [5.74, 6) is 0.371. The van der Waals surface area contributed by atoms with Gasteiger partial charge in [-0.2, -0.15) is 0 Å². The van der Waals surface area contributed by atoms with Gasteiger partial charge >= 0.3 is 5.97 Å². The van der Waals surface area contributed by atoms with Crippen LogP contribution < -0.4 is 9.47 Å². The van der Waals surface area contributed by atoms with E-state index in [2.05, 4.69) is 0 Å². The lowest BCUT2D eigenvalue weighted by Gasteiger charge is -2.06. The molecule has 2 aromatic carbocycles. The van der Waals surface area contributed by atoms with Crippen molar-refractivity contribution in [3.05, 3.63) is 54.1 Å². The minimum absolute atomic E-state index is 0.101. The lowest BCUT2D eigenvalue weighted by Crippen LogP contribution is -2.08. The Morgan fingerprint density at radius 2 is 1.61 bits per heavy atom. The fraction of sp³-hybridized carbons (Fsp3) is 0.0714. The first-order chi connectivity index (χ1) is 8.70. The van der Waals surface area contributed by atoms with Crippen LogP contribution in [0.25, 0.3) is 0 Å². The highest BCUT2D eigenvalue weighted by molar-refractivity contribution is 5.93. The van der Waals surface area contributed by atoms with Crippen molar-refractivity contribution in [2.45, 2.75) is 0 Å². The molecule has 0 spiro atoms. The van der Waals surface area contributed by atoms with Crippen molar-refractivity contribution >= 4 is 5.97 Å². The molecule has 0 atom stereocenters. The van der Waals surface area contributed by atoms with Crippen molar-refractivity contribution in [2.75, 3.05) is 7.11 Å². The van der Waals surface area contributed by atoms with Crippen LogP contribution in [0.3, 0.4) is 0 Å². The van der Waals surface area contributed by atoms with Gasteiger partial charge in [0, 0.05) is 0 Å². The Balaban J connectivity index is 2.14. The van der Waals surface area contributed by atoms with Gasteiger partial charge in [-0.15, -0.1) is 0 Å². The van der Waals surface area contributed by atoms with E-state index in [1.807, 2.05) is 0 Å². The van der Waals surface area contributed by atoms with Crippen molar-refractivity contribution in [3.63, 3.8) is 0 Å². The van der Waals surface area contributed by atoms with E-state index in [9.17, 15) is 9.90 Å². The second kappa shape index (κ2) is 5.23. The average Bonchev–Trinajstić information content (AvgIpc) is 2.40. The molecular formula is C14H12O4. The lowest BCUT2D eigenvalue weighted by atomic mass is 10.2. The second-order valence-corrected chi connectivity index (χ2v) is 3.58. The number of phenolic OH excluding ortho intramolecular Hbond substituents is 1. The standard InChI is InChI=1S/C14H12O4/c1-17-10-6-8-11(9-7-10)18-14(16)12-4-2-3-5-13(12)15/h2-9,15H,1H3. The van der Waals surface area contributed by atoms with E-state index in [0.29, 0.717) is 11.5 Å². The first kappa shape index (κ1) is 12.0. The fourth-order valence-electron chi connectivity index (χ4n) is 1.45. The highest BCUT2D eigenvalue weighted by Gasteiger charge is 2.12. The Morgan fingerprint density at radius 1 is 1.00 bits per heavy atom.